The highest BCUT2D eigenvalue weighted by molar-refractivity contribution is 7.07. The number of fused-ring (bicyclic) bond motifs is 1. The van der Waals surface area contributed by atoms with Crippen molar-refractivity contribution < 1.29 is 56.5 Å². The second-order valence-corrected chi connectivity index (χ2v) is 14.6. The van der Waals surface area contributed by atoms with Crippen LogP contribution in [0, 0.1) is 0 Å². The van der Waals surface area contributed by atoms with Crippen LogP contribution in [0.3, 0.4) is 0 Å². The van der Waals surface area contributed by atoms with Crippen molar-refractivity contribution in [1.29, 1.82) is 0 Å². The van der Waals surface area contributed by atoms with Crippen LogP contribution in [0.4, 0.5) is 24.5 Å². The maximum atomic E-state index is 13.5. The number of alkyl halides is 3. The van der Waals surface area contributed by atoms with Crippen molar-refractivity contribution in [2.45, 2.75) is 44.1 Å². The molecule has 1 aliphatic carbocycles. The molecule has 6 rings (SSSR count). The fourth-order valence-corrected chi connectivity index (χ4v) is 6.34. The molecule has 2 aliphatic rings. The third-order valence-electron chi connectivity index (χ3n) is 9.01. The first-order valence-electron chi connectivity index (χ1n) is 19.2. The number of thiazole rings is 1. The number of nitrogens with zero attached hydrogens (tertiary/aromatic N) is 2. The molecule has 1 fully saturated rings. The van der Waals surface area contributed by atoms with Crippen molar-refractivity contribution >= 4 is 52.3 Å². The maximum absolute atomic E-state index is 13.5. The van der Waals surface area contributed by atoms with Gasteiger partial charge >= 0.3 is 12.1 Å². The molecule has 4 aromatic rings. The number of amides is 4. The second-order valence-electron chi connectivity index (χ2n) is 13.9. The van der Waals surface area contributed by atoms with Gasteiger partial charge in [0.15, 0.2) is 6.61 Å². The number of aliphatic carboxylic acids is 1. The number of carboxylic acid groups (broad SMARTS) is 1. The summed E-state index contributed by atoms with van der Waals surface area (Å²) in [6.45, 7) is 3.83. The van der Waals surface area contributed by atoms with E-state index in [0.29, 0.717) is 86.4 Å². The van der Waals surface area contributed by atoms with Crippen molar-refractivity contribution in [1.82, 2.24) is 20.5 Å². The van der Waals surface area contributed by atoms with E-state index in [0.717, 1.165) is 30.5 Å². The van der Waals surface area contributed by atoms with Gasteiger partial charge in [0, 0.05) is 72.4 Å². The summed E-state index contributed by atoms with van der Waals surface area (Å²) in [6, 6.07) is 19.0. The summed E-state index contributed by atoms with van der Waals surface area (Å²) < 4.78 is 48.4. The zero-order valence-corrected chi connectivity index (χ0v) is 33.7. The minimum Gasteiger partial charge on any atom is -0.482 e. The Balaban J connectivity index is 0.000000925. The molecule has 1 aromatic heterocycles. The number of nitrogens with one attached hydrogen (secondary N) is 4. The van der Waals surface area contributed by atoms with Crippen molar-refractivity contribution in [3.63, 3.8) is 0 Å². The molecule has 3 aromatic carbocycles. The van der Waals surface area contributed by atoms with E-state index in [2.05, 4.69) is 26.3 Å². The number of halogens is 3. The fourth-order valence-electron chi connectivity index (χ4n) is 5.76. The lowest BCUT2D eigenvalue weighted by molar-refractivity contribution is -0.192. The number of hydrogen-bond donors (Lipinski definition) is 6. The summed E-state index contributed by atoms with van der Waals surface area (Å²) in [7, 11) is 0. The largest absolute Gasteiger partial charge is 0.490 e. The highest BCUT2D eigenvalue weighted by Crippen LogP contribution is 2.33. The van der Waals surface area contributed by atoms with E-state index in [-0.39, 0.29) is 42.3 Å². The first-order chi connectivity index (χ1) is 29.3. The minimum atomic E-state index is -5.08. The van der Waals surface area contributed by atoms with Crippen molar-refractivity contribution in [2.24, 2.45) is 5.73 Å². The van der Waals surface area contributed by atoms with Gasteiger partial charge in [0.2, 0.25) is 0 Å². The van der Waals surface area contributed by atoms with E-state index in [4.69, 9.17) is 29.8 Å². The SMILES string of the molecule is N[C@H](CNCCOCCOCCNC(=O)c1ccc(NC(=O)c2ccc(CN(C(=O)c3ccc4c(c3)OCC(=O)N4)C3CC3)cc2)cc1)Cc1cscn1.O=C(O)C(F)(F)F. The van der Waals surface area contributed by atoms with E-state index < -0.39 is 12.1 Å². The molecule has 20 heteroatoms. The lowest BCUT2D eigenvalue weighted by Crippen LogP contribution is -2.37. The number of ether oxygens (including phenoxy) is 3. The monoisotopic (exact) mass is 869 g/mol. The average Bonchev–Trinajstić information content (AvgIpc) is 3.96. The van der Waals surface area contributed by atoms with E-state index in [1.54, 1.807) is 65.9 Å². The van der Waals surface area contributed by atoms with Gasteiger partial charge in [0.25, 0.3) is 23.6 Å². The number of carboxylic acids is 1. The van der Waals surface area contributed by atoms with Crippen LogP contribution in [-0.4, -0.2) is 116 Å². The third kappa shape index (κ3) is 15.2. The van der Waals surface area contributed by atoms with Crippen LogP contribution in [0.25, 0.3) is 0 Å². The molecule has 4 amide bonds. The van der Waals surface area contributed by atoms with Crippen LogP contribution in [-0.2, 0) is 32.0 Å². The number of anilines is 2. The van der Waals surface area contributed by atoms with E-state index in [9.17, 15) is 32.3 Å². The minimum absolute atomic E-state index is 0.00907. The smallest absolute Gasteiger partial charge is 0.482 e. The summed E-state index contributed by atoms with van der Waals surface area (Å²) in [5.74, 6) is -3.16. The first kappa shape index (κ1) is 46.1. The predicted molar refractivity (Wildman–Crippen MR) is 219 cm³/mol. The van der Waals surface area contributed by atoms with Gasteiger partial charge in [0.1, 0.15) is 5.75 Å². The summed E-state index contributed by atoms with van der Waals surface area (Å²) in [5, 5.41) is 20.8. The molecule has 0 saturated heterocycles. The highest BCUT2D eigenvalue weighted by atomic mass is 32.1. The fraction of sp³-hybridized carbons (Fsp3) is 0.366. The van der Waals surface area contributed by atoms with Gasteiger partial charge in [-0.25, -0.2) is 9.78 Å². The van der Waals surface area contributed by atoms with Gasteiger partial charge in [-0.15, -0.1) is 11.3 Å². The number of carbonyl (C=O) groups is 5. The van der Waals surface area contributed by atoms with Crippen molar-refractivity contribution in [3.8, 4) is 5.75 Å². The van der Waals surface area contributed by atoms with Crippen LogP contribution < -0.4 is 31.7 Å². The first-order valence-corrected chi connectivity index (χ1v) is 20.2. The Labute approximate surface area is 352 Å². The van der Waals surface area contributed by atoms with Crippen LogP contribution in [0.1, 0.15) is 55.2 Å². The molecule has 0 spiro atoms. The molecule has 16 nitrogen and oxygen atoms in total. The summed E-state index contributed by atoms with van der Waals surface area (Å²) >= 11 is 1.57. The number of aromatic nitrogens is 1. The molecular weight excluding hydrogens is 824 g/mol. The summed E-state index contributed by atoms with van der Waals surface area (Å²) in [6.07, 6.45) is -2.47. The number of benzene rings is 3. The molecule has 7 N–H and O–H groups in total. The Kier molecular flexibility index (Phi) is 17.1. The number of carbonyl (C=O) groups excluding carboxylic acids is 4. The molecular formula is C41H46F3N7O9S. The zero-order valence-electron chi connectivity index (χ0n) is 32.9. The molecule has 326 valence electrons. The zero-order chi connectivity index (χ0) is 43.8. The van der Waals surface area contributed by atoms with Gasteiger partial charge in [0.05, 0.1) is 43.3 Å². The van der Waals surface area contributed by atoms with Crippen molar-refractivity contribution in [2.75, 3.05) is 63.3 Å². The van der Waals surface area contributed by atoms with Gasteiger partial charge in [-0.2, -0.15) is 13.2 Å². The van der Waals surface area contributed by atoms with Gasteiger partial charge in [-0.1, -0.05) is 12.1 Å². The van der Waals surface area contributed by atoms with Crippen molar-refractivity contribution in [3.05, 3.63) is 106 Å². The standard InChI is InChI=1S/C39H45N7O7S.C2HF3O2/c40-30(20-32-24-54-25-43-32)21-41-13-15-51-17-18-52-16-14-42-37(48)27-5-8-31(9-6-27)44-38(49)28-3-1-26(2-4-28)22-46(33-10-11-33)39(50)29-7-12-34-35(19-29)53-23-36(47)45-34;3-2(4,5)1(6)7/h1-9,12,19,24-25,30,33,41H,10-11,13-18,20-23,40H2,(H,42,48)(H,44,49)(H,45,47);(H,6,7)/t30-;/m0./s1. The quantitative estimate of drug-likeness (QED) is 0.0692. The van der Waals surface area contributed by atoms with E-state index >= 15 is 0 Å². The summed E-state index contributed by atoms with van der Waals surface area (Å²) in [4.78, 5) is 65.6. The predicted octanol–water partition coefficient (Wildman–Crippen LogP) is 4.09. The Morgan fingerprint density at radius 2 is 1.57 bits per heavy atom. The molecule has 1 aliphatic heterocycles. The summed E-state index contributed by atoms with van der Waals surface area (Å²) in [5.41, 5.74) is 12.3. The average molecular weight is 870 g/mol. The van der Waals surface area contributed by atoms with Gasteiger partial charge < -0.3 is 51.2 Å². The van der Waals surface area contributed by atoms with Crippen LogP contribution in [0.2, 0.25) is 0 Å². The van der Waals surface area contributed by atoms with Gasteiger partial charge in [-0.3, -0.25) is 19.2 Å². The molecule has 0 bridgehead atoms. The molecule has 0 unspecified atom stereocenters. The highest BCUT2D eigenvalue weighted by Gasteiger charge is 2.38. The van der Waals surface area contributed by atoms with E-state index in [1.165, 1.54) is 0 Å². The number of hydrogen-bond acceptors (Lipinski definition) is 12. The Morgan fingerprint density at radius 3 is 2.21 bits per heavy atom. The Morgan fingerprint density at radius 1 is 0.934 bits per heavy atom. The van der Waals surface area contributed by atoms with Crippen LogP contribution in [0.5, 0.6) is 5.75 Å². The lowest BCUT2D eigenvalue weighted by Gasteiger charge is -2.24. The lowest BCUT2D eigenvalue weighted by atomic mass is 10.1. The molecule has 1 atom stereocenters. The number of nitrogens with two attached hydrogens (primary N) is 1. The van der Waals surface area contributed by atoms with E-state index in [1.807, 2.05) is 27.9 Å². The third-order valence-corrected chi connectivity index (χ3v) is 9.65. The Bertz CT molecular complexity index is 2090. The van der Waals surface area contributed by atoms with Crippen LogP contribution >= 0.6 is 11.3 Å². The Hall–Kier alpha value is -5.93. The maximum Gasteiger partial charge on any atom is 0.490 e. The molecule has 1 saturated carbocycles. The molecule has 2 heterocycles. The molecule has 61 heavy (non-hydrogen) atoms. The molecule has 0 radical (unpaired) electrons. The van der Waals surface area contributed by atoms with Gasteiger partial charge in [-0.05, 0) is 73.0 Å². The topological polar surface area (TPSA) is 224 Å². The second kappa shape index (κ2) is 22.6. The van der Waals surface area contributed by atoms with Crippen LogP contribution in [0.15, 0.2) is 77.6 Å². The normalized spacial score (nSPS) is 13.7. The number of rotatable bonds is 20.